The molecule has 0 bridgehead atoms. The Kier molecular flexibility index (Phi) is 15.1. The molecule has 1 atom stereocenters. The monoisotopic (exact) mass is 328 g/mol. The molecule has 0 aliphatic heterocycles. The van der Waals surface area contributed by atoms with Crippen LogP contribution in [0.5, 0.6) is 0 Å². The third-order valence-corrected chi connectivity index (χ3v) is 4.19. The van der Waals surface area contributed by atoms with Crippen molar-refractivity contribution < 1.29 is 19.1 Å². The first-order chi connectivity index (χ1) is 11.1. The molecule has 0 N–H and O–H groups in total. The van der Waals surface area contributed by atoms with E-state index in [4.69, 9.17) is 9.47 Å². The van der Waals surface area contributed by atoms with Crippen LogP contribution in [-0.4, -0.2) is 25.2 Å². The van der Waals surface area contributed by atoms with E-state index in [-0.39, 0.29) is 11.9 Å². The lowest BCUT2D eigenvalue weighted by atomic mass is 9.93. The molecule has 4 nitrogen and oxygen atoms in total. The van der Waals surface area contributed by atoms with Crippen LogP contribution in [0.1, 0.15) is 91.4 Å². The highest BCUT2D eigenvalue weighted by Crippen LogP contribution is 2.20. The molecule has 0 heterocycles. The Morgan fingerprint density at radius 3 is 1.78 bits per heavy atom. The highest BCUT2D eigenvalue weighted by Gasteiger charge is 2.10. The van der Waals surface area contributed by atoms with Gasteiger partial charge in [0.1, 0.15) is 0 Å². The second-order valence-corrected chi connectivity index (χ2v) is 6.08. The molecule has 0 radical (unpaired) electrons. The zero-order chi connectivity index (χ0) is 17.3. The fraction of sp³-hybridized carbons (Fsp3) is 0.895. The normalized spacial score (nSPS) is 12.0. The molecule has 0 amide bonds. The van der Waals surface area contributed by atoms with Crippen LogP contribution >= 0.6 is 0 Å². The van der Waals surface area contributed by atoms with Crippen LogP contribution in [-0.2, 0) is 19.1 Å². The van der Waals surface area contributed by atoms with E-state index in [1.165, 1.54) is 32.1 Å². The third-order valence-electron chi connectivity index (χ3n) is 4.19. The van der Waals surface area contributed by atoms with Gasteiger partial charge >= 0.3 is 11.9 Å². The first kappa shape index (κ1) is 21.9. The number of ether oxygens (including phenoxy) is 2. The molecule has 0 saturated carbocycles. The molecule has 0 saturated heterocycles. The molecule has 0 spiro atoms. The van der Waals surface area contributed by atoms with Crippen molar-refractivity contribution in [1.29, 1.82) is 0 Å². The van der Waals surface area contributed by atoms with E-state index in [0.29, 0.717) is 32.0 Å². The molecule has 0 aromatic heterocycles. The van der Waals surface area contributed by atoms with Crippen molar-refractivity contribution in [2.45, 2.75) is 91.4 Å². The second kappa shape index (κ2) is 15.8. The standard InChI is InChI=1S/C19H36O4/c1-4-17(15-16-19(21)23-6-3)13-11-9-7-8-10-12-14-18(20)22-5-2/h17H,4-16H2,1-3H3. The maximum atomic E-state index is 11.4. The van der Waals surface area contributed by atoms with Gasteiger partial charge in [-0.1, -0.05) is 51.9 Å². The lowest BCUT2D eigenvalue weighted by molar-refractivity contribution is -0.144. The van der Waals surface area contributed by atoms with E-state index >= 15 is 0 Å². The van der Waals surface area contributed by atoms with Gasteiger partial charge in [0.05, 0.1) is 13.2 Å². The Bertz CT molecular complexity index is 302. The number of carbonyl (C=O) groups is 2. The van der Waals surface area contributed by atoms with Crippen molar-refractivity contribution in [2.75, 3.05) is 13.2 Å². The van der Waals surface area contributed by atoms with E-state index in [1.54, 1.807) is 0 Å². The topological polar surface area (TPSA) is 52.6 Å². The van der Waals surface area contributed by atoms with Crippen LogP contribution in [0.15, 0.2) is 0 Å². The quantitative estimate of drug-likeness (QED) is 0.312. The average Bonchev–Trinajstić information content (AvgIpc) is 2.53. The minimum absolute atomic E-state index is 0.0625. The fourth-order valence-electron chi connectivity index (χ4n) is 2.75. The summed E-state index contributed by atoms with van der Waals surface area (Å²) < 4.78 is 9.89. The summed E-state index contributed by atoms with van der Waals surface area (Å²) >= 11 is 0. The van der Waals surface area contributed by atoms with Crippen LogP contribution in [0.3, 0.4) is 0 Å². The maximum absolute atomic E-state index is 11.4. The van der Waals surface area contributed by atoms with Crippen molar-refractivity contribution in [1.82, 2.24) is 0 Å². The van der Waals surface area contributed by atoms with Gasteiger partial charge in [-0.2, -0.15) is 0 Å². The van der Waals surface area contributed by atoms with Gasteiger partial charge < -0.3 is 9.47 Å². The van der Waals surface area contributed by atoms with Gasteiger partial charge in [-0.15, -0.1) is 0 Å². The van der Waals surface area contributed by atoms with Crippen molar-refractivity contribution >= 4 is 11.9 Å². The highest BCUT2D eigenvalue weighted by molar-refractivity contribution is 5.69. The molecule has 23 heavy (non-hydrogen) atoms. The summed E-state index contributed by atoms with van der Waals surface area (Å²) in [4.78, 5) is 22.6. The Morgan fingerprint density at radius 2 is 1.22 bits per heavy atom. The molecule has 0 aromatic carbocycles. The lowest BCUT2D eigenvalue weighted by Crippen LogP contribution is -2.07. The first-order valence-electron chi connectivity index (χ1n) is 9.45. The van der Waals surface area contributed by atoms with Crippen molar-refractivity contribution in [3.63, 3.8) is 0 Å². The van der Waals surface area contributed by atoms with E-state index in [0.717, 1.165) is 25.7 Å². The van der Waals surface area contributed by atoms with Crippen molar-refractivity contribution in [3.8, 4) is 0 Å². The van der Waals surface area contributed by atoms with Crippen LogP contribution < -0.4 is 0 Å². The summed E-state index contributed by atoms with van der Waals surface area (Å²) in [6.07, 6.45) is 11.4. The van der Waals surface area contributed by atoms with Gasteiger partial charge in [-0.05, 0) is 32.6 Å². The zero-order valence-electron chi connectivity index (χ0n) is 15.4. The Morgan fingerprint density at radius 1 is 0.696 bits per heavy atom. The SMILES string of the molecule is CCOC(=O)CCCCCCCCC(CC)CCC(=O)OCC. The second-order valence-electron chi connectivity index (χ2n) is 6.08. The summed E-state index contributed by atoms with van der Waals surface area (Å²) in [6.45, 7) is 6.85. The van der Waals surface area contributed by atoms with Crippen LogP contribution in [0, 0.1) is 5.92 Å². The minimum Gasteiger partial charge on any atom is -0.466 e. The van der Waals surface area contributed by atoms with E-state index in [2.05, 4.69) is 6.92 Å². The predicted molar refractivity (Wildman–Crippen MR) is 93.2 cm³/mol. The number of hydrogen-bond donors (Lipinski definition) is 0. The summed E-state index contributed by atoms with van der Waals surface area (Å²) in [5.74, 6) is 0.510. The van der Waals surface area contributed by atoms with Crippen molar-refractivity contribution in [2.24, 2.45) is 5.92 Å². The molecule has 4 heteroatoms. The van der Waals surface area contributed by atoms with E-state index in [9.17, 15) is 9.59 Å². The average molecular weight is 328 g/mol. The van der Waals surface area contributed by atoms with Gasteiger partial charge in [0.2, 0.25) is 0 Å². The Labute approximate surface area is 142 Å². The summed E-state index contributed by atoms with van der Waals surface area (Å²) in [6, 6.07) is 0. The molecule has 1 unspecified atom stereocenters. The third kappa shape index (κ3) is 14.3. The summed E-state index contributed by atoms with van der Waals surface area (Å²) in [7, 11) is 0. The van der Waals surface area contributed by atoms with Crippen LogP contribution in [0.25, 0.3) is 0 Å². The summed E-state index contributed by atoms with van der Waals surface area (Å²) in [5, 5.41) is 0. The molecule has 136 valence electrons. The molecular formula is C19H36O4. The molecular weight excluding hydrogens is 292 g/mol. The van der Waals surface area contributed by atoms with Gasteiger partial charge in [-0.3, -0.25) is 9.59 Å². The largest absolute Gasteiger partial charge is 0.466 e. The number of rotatable bonds is 15. The van der Waals surface area contributed by atoms with E-state index < -0.39 is 0 Å². The van der Waals surface area contributed by atoms with Gasteiger partial charge in [0, 0.05) is 12.8 Å². The fourth-order valence-corrected chi connectivity index (χ4v) is 2.75. The van der Waals surface area contributed by atoms with Gasteiger partial charge in [-0.25, -0.2) is 0 Å². The van der Waals surface area contributed by atoms with Crippen LogP contribution in [0.4, 0.5) is 0 Å². The van der Waals surface area contributed by atoms with Crippen LogP contribution in [0.2, 0.25) is 0 Å². The molecule has 0 rings (SSSR count). The number of hydrogen-bond acceptors (Lipinski definition) is 4. The lowest BCUT2D eigenvalue weighted by Gasteiger charge is -2.14. The molecule has 0 aliphatic rings. The number of unbranched alkanes of at least 4 members (excludes halogenated alkanes) is 5. The Hall–Kier alpha value is -1.06. The van der Waals surface area contributed by atoms with Crippen molar-refractivity contribution in [3.05, 3.63) is 0 Å². The number of carbonyl (C=O) groups excluding carboxylic acids is 2. The molecule has 0 fully saturated rings. The highest BCUT2D eigenvalue weighted by atomic mass is 16.5. The van der Waals surface area contributed by atoms with Gasteiger partial charge in [0.25, 0.3) is 0 Å². The van der Waals surface area contributed by atoms with Gasteiger partial charge in [0.15, 0.2) is 0 Å². The zero-order valence-corrected chi connectivity index (χ0v) is 15.4. The predicted octanol–water partition coefficient (Wildman–Crippen LogP) is 5.04. The summed E-state index contributed by atoms with van der Waals surface area (Å²) in [5.41, 5.74) is 0. The molecule has 0 aliphatic carbocycles. The number of esters is 2. The smallest absolute Gasteiger partial charge is 0.305 e. The maximum Gasteiger partial charge on any atom is 0.305 e. The molecule has 0 aromatic rings. The minimum atomic E-state index is -0.0695. The van der Waals surface area contributed by atoms with E-state index in [1.807, 2.05) is 13.8 Å². The Balaban J connectivity index is 3.47. The first-order valence-corrected chi connectivity index (χ1v) is 9.45.